The Hall–Kier alpha value is -1.67. The highest BCUT2D eigenvalue weighted by Crippen LogP contribution is 2.40. The van der Waals surface area contributed by atoms with Crippen molar-refractivity contribution in [2.24, 2.45) is 0 Å². The quantitative estimate of drug-likeness (QED) is 0.631. The van der Waals surface area contributed by atoms with Gasteiger partial charge < -0.3 is 4.74 Å². The lowest BCUT2D eigenvalue weighted by Crippen LogP contribution is -2.31. The van der Waals surface area contributed by atoms with Crippen LogP contribution in [0.4, 0.5) is 5.13 Å². The molecule has 1 amide bonds. The highest BCUT2D eigenvalue weighted by atomic mass is 35.5. The number of benzene rings is 1. The molecule has 0 bridgehead atoms. The van der Waals surface area contributed by atoms with E-state index in [-0.39, 0.29) is 5.91 Å². The molecule has 0 saturated heterocycles. The maximum atomic E-state index is 12.5. The zero-order valence-electron chi connectivity index (χ0n) is 13.8. The number of aryl methyl sites for hydroxylation is 2. The second-order valence-electron chi connectivity index (χ2n) is 5.83. The van der Waals surface area contributed by atoms with Gasteiger partial charge in [0.15, 0.2) is 11.2 Å². The number of carbonyl (C=O) groups is 1. The van der Waals surface area contributed by atoms with E-state index < -0.39 is 6.10 Å². The molecule has 0 radical (unpaired) electrons. The maximum Gasteiger partial charge on any atom is 0.267 e. The summed E-state index contributed by atoms with van der Waals surface area (Å²) in [6, 6.07) is 3.53. The average Bonchev–Trinajstić information content (AvgIpc) is 3.29. The third-order valence-corrected chi connectivity index (χ3v) is 6.60. The number of nitrogens with zero attached hydrogens (tertiary/aromatic N) is 2. The largest absolute Gasteiger partial charge is 0.478 e. The van der Waals surface area contributed by atoms with Crippen LogP contribution in [0.25, 0.3) is 10.6 Å². The topological polar surface area (TPSA) is 64.1 Å². The van der Waals surface area contributed by atoms with Crippen molar-refractivity contribution < 1.29 is 9.53 Å². The van der Waals surface area contributed by atoms with E-state index in [0.29, 0.717) is 27.3 Å². The van der Waals surface area contributed by atoms with E-state index in [4.69, 9.17) is 27.9 Å². The van der Waals surface area contributed by atoms with Crippen molar-refractivity contribution in [2.75, 3.05) is 5.32 Å². The molecule has 2 aromatic heterocycles. The summed E-state index contributed by atoms with van der Waals surface area (Å²) in [5.74, 6) is 0.224. The van der Waals surface area contributed by atoms with E-state index in [2.05, 4.69) is 15.3 Å². The number of fused-ring (bicyclic) bond motifs is 1. The van der Waals surface area contributed by atoms with E-state index >= 15 is 0 Å². The Morgan fingerprint density at radius 1 is 1.31 bits per heavy atom. The SMILES string of the molecule is Cc1nc(C)c(-c2csc(NC(=O)C3Cc4ccc(Cl)c(Cl)c4O3)n2)s1. The van der Waals surface area contributed by atoms with Crippen LogP contribution in [0.3, 0.4) is 0 Å². The Morgan fingerprint density at radius 3 is 2.85 bits per heavy atom. The van der Waals surface area contributed by atoms with Crippen molar-refractivity contribution in [3.05, 3.63) is 43.8 Å². The number of anilines is 1. The first kappa shape index (κ1) is 17.7. The molecule has 0 aliphatic carbocycles. The van der Waals surface area contributed by atoms with Crippen LogP contribution in [0.2, 0.25) is 10.0 Å². The fourth-order valence-electron chi connectivity index (χ4n) is 2.78. The van der Waals surface area contributed by atoms with Crippen LogP contribution in [0, 0.1) is 13.8 Å². The molecule has 0 spiro atoms. The number of amides is 1. The van der Waals surface area contributed by atoms with Crippen LogP contribution < -0.4 is 10.1 Å². The molecule has 3 aromatic rings. The van der Waals surface area contributed by atoms with Crippen molar-refractivity contribution in [1.29, 1.82) is 0 Å². The highest BCUT2D eigenvalue weighted by Gasteiger charge is 2.32. The normalized spacial score (nSPS) is 15.6. The number of ether oxygens (including phenoxy) is 1. The summed E-state index contributed by atoms with van der Waals surface area (Å²) < 4.78 is 5.71. The number of rotatable bonds is 3. The zero-order valence-corrected chi connectivity index (χ0v) is 16.9. The number of nitrogens with one attached hydrogen (secondary N) is 1. The molecule has 9 heteroatoms. The molecule has 3 heterocycles. The predicted molar refractivity (Wildman–Crippen MR) is 106 cm³/mol. The van der Waals surface area contributed by atoms with Gasteiger partial charge in [-0.15, -0.1) is 22.7 Å². The second-order valence-corrected chi connectivity index (χ2v) is 8.68. The van der Waals surface area contributed by atoms with Crippen molar-refractivity contribution in [3.8, 4) is 16.3 Å². The van der Waals surface area contributed by atoms with E-state index in [9.17, 15) is 4.79 Å². The molecule has 1 aliphatic rings. The number of hydrogen-bond acceptors (Lipinski definition) is 6. The van der Waals surface area contributed by atoms with Crippen molar-refractivity contribution >= 4 is 56.9 Å². The summed E-state index contributed by atoms with van der Waals surface area (Å²) in [6.07, 6.45) is -0.204. The fourth-order valence-corrected chi connectivity index (χ4v) is 4.82. The van der Waals surface area contributed by atoms with Gasteiger partial charge in [0.2, 0.25) is 0 Å². The highest BCUT2D eigenvalue weighted by molar-refractivity contribution is 7.16. The molecule has 1 aliphatic heterocycles. The Morgan fingerprint density at radius 2 is 2.12 bits per heavy atom. The minimum absolute atomic E-state index is 0.258. The lowest BCUT2D eigenvalue weighted by Gasteiger charge is -2.10. The minimum Gasteiger partial charge on any atom is -0.478 e. The first-order valence-corrected chi connectivity index (χ1v) is 10.2. The first-order chi connectivity index (χ1) is 12.4. The lowest BCUT2D eigenvalue weighted by molar-refractivity contribution is -0.122. The summed E-state index contributed by atoms with van der Waals surface area (Å²) in [4.78, 5) is 22.5. The molecule has 4 rings (SSSR count). The molecule has 134 valence electrons. The predicted octanol–water partition coefficient (Wildman–Crippen LogP) is 5.13. The lowest BCUT2D eigenvalue weighted by atomic mass is 10.1. The molecule has 1 N–H and O–H groups in total. The molecule has 26 heavy (non-hydrogen) atoms. The van der Waals surface area contributed by atoms with Gasteiger partial charge in [-0.05, 0) is 19.9 Å². The van der Waals surface area contributed by atoms with Crippen LogP contribution in [0.15, 0.2) is 17.5 Å². The summed E-state index contributed by atoms with van der Waals surface area (Å²) >= 11 is 15.1. The Balaban J connectivity index is 1.48. The zero-order chi connectivity index (χ0) is 18.4. The molecular formula is C17H13Cl2N3O2S2. The number of thiazole rings is 2. The van der Waals surface area contributed by atoms with Crippen LogP contribution in [0.5, 0.6) is 5.75 Å². The Kier molecular flexibility index (Phi) is 4.64. The monoisotopic (exact) mass is 425 g/mol. The van der Waals surface area contributed by atoms with Crippen LogP contribution in [0.1, 0.15) is 16.3 Å². The average molecular weight is 426 g/mol. The third-order valence-electron chi connectivity index (χ3n) is 3.96. The van der Waals surface area contributed by atoms with Crippen LogP contribution in [-0.4, -0.2) is 22.0 Å². The Labute approximate surface area is 168 Å². The second kappa shape index (κ2) is 6.81. The van der Waals surface area contributed by atoms with Gasteiger partial charge in [0.05, 0.1) is 26.3 Å². The fraction of sp³-hybridized carbons (Fsp3) is 0.235. The number of aromatic nitrogens is 2. The summed E-state index contributed by atoms with van der Waals surface area (Å²) in [6.45, 7) is 3.91. The molecular weight excluding hydrogens is 413 g/mol. The molecule has 1 aromatic carbocycles. The first-order valence-electron chi connectivity index (χ1n) is 7.76. The van der Waals surface area contributed by atoms with E-state index in [0.717, 1.165) is 26.8 Å². The summed E-state index contributed by atoms with van der Waals surface area (Å²) in [5.41, 5.74) is 2.63. The minimum atomic E-state index is -0.652. The van der Waals surface area contributed by atoms with Gasteiger partial charge in [-0.3, -0.25) is 10.1 Å². The molecule has 0 fully saturated rings. The van der Waals surface area contributed by atoms with Gasteiger partial charge in [0.25, 0.3) is 5.91 Å². The number of carbonyl (C=O) groups excluding carboxylic acids is 1. The molecule has 1 atom stereocenters. The van der Waals surface area contributed by atoms with Gasteiger partial charge in [-0.2, -0.15) is 0 Å². The van der Waals surface area contributed by atoms with Gasteiger partial charge in [0.1, 0.15) is 10.8 Å². The number of halogens is 2. The third kappa shape index (κ3) is 3.20. The van der Waals surface area contributed by atoms with Gasteiger partial charge in [0, 0.05) is 17.4 Å². The van der Waals surface area contributed by atoms with Gasteiger partial charge >= 0.3 is 0 Å². The standard InChI is InChI=1S/C17H13Cl2N3O2S2/c1-7-15(26-8(2)20-7)11-6-25-17(21-11)22-16(23)12-5-9-3-4-10(18)13(19)14(9)24-12/h3-4,6,12H,5H2,1-2H3,(H,21,22,23). The summed E-state index contributed by atoms with van der Waals surface area (Å²) in [7, 11) is 0. The Bertz CT molecular complexity index is 1020. The van der Waals surface area contributed by atoms with Gasteiger partial charge in [-0.25, -0.2) is 9.97 Å². The van der Waals surface area contributed by atoms with E-state index in [1.165, 1.54) is 11.3 Å². The van der Waals surface area contributed by atoms with Crippen LogP contribution >= 0.6 is 45.9 Å². The van der Waals surface area contributed by atoms with E-state index in [1.54, 1.807) is 17.4 Å². The van der Waals surface area contributed by atoms with E-state index in [1.807, 2.05) is 25.3 Å². The summed E-state index contributed by atoms with van der Waals surface area (Å²) in [5, 5.41) is 7.00. The maximum absolute atomic E-state index is 12.5. The molecule has 1 unspecified atom stereocenters. The van der Waals surface area contributed by atoms with Crippen molar-refractivity contribution in [3.63, 3.8) is 0 Å². The number of hydrogen-bond donors (Lipinski definition) is 1. The van der Waals surface area contributed by atoms with Crippen molar-refractivity contribution in [2.45, 2.75) is 26.4 Å². The van der Waals surface area contributed by atoms with Crippen LogP contribution in [-0.2, 0) is 11.2 Å². The van der Waals surface area contributed by atoms with Gasteiger partial charge in [-0.1, -0.05) is 29.3 Å². The molecule has 0 saturated carbocycles. The van der Waals surface area contributed by atoms with Crippen molar-refractivity contribution in [1.82, 2.24) is 9.97 Å². The molecule has 5 nitrogen and oxygen atoms in total. The smallest absolute Gasteiger partial charge is 0.267 e.